The second-order valence-electron chi connectivity index (χ2n) is 5.20. The van der Waals surface area contributed by atoms with Crippen LogP contribution in [0.3, 0.4) is 0 Å². The van der Waals surface area contributed by atoms with Crippen LogP contribution >= 0.6 is 31.9 Å². The van der Waals surface area contributed by atoms with Crippen LogP contribution in [-0.4, -0.2) is 15.0 Å². The van der Waals surface area contributed by atoms with Crippen molar-refractivity contribution in [2.45, 2.75) is 6.92 Å². The molecule has 0 saturated carbocycles. The summed E-state index contributed by atoms with van der Waals surface area (Å²) >= 11 is 7.01. The molecule has 0 unspecified atom stereocenters. The van der Waals surface area contributed by atoms with Crippen molar-refractivity contribution in [3.05, 3.63) is 56.7 Å². The first kappa shape index (κ1) is 17.6. The van der Waals surface area contributed by atoms with Crippen LogP contribution in [-0.2, 0) is 0 Å². The minimum atomic E-state index is -0.322. The van der Waals surface area contributed by atoms with E-state index in [1.807, 2.05) is 19.1 Å². The van der Waals surface area contributed by atoms with Crippen LogP contribution in [0.5, 0.6) is 0 Å². The van der Waals surface area contributed by atoms with E-state index in [4.69, 9.17) is 5.73 Å². The third-order valence-electron chi connectivity index (χ3n) is 3.18. The molecule has 25 heavy (non-hydrogen) atoms. The molecule has 1 heterocycles. The number of nitrogen functional groups attached to an aromatic ring is 1. The fraction of sp³-hybridized carbons (Fsp3) is 0.0625. The van der Waals surface area contributed by atoms with E-state index in [0.29, 0.717) is 5.69 Å². The molecule has 0 amide bonds. The number of aryl methyl sites for hydroxylation is 1. The highest BCUT2D eigenvalue weighted by Crippen LogP contribution is 2.34. The van der Waals surface area contributed by atoms with E-state index >= 15 is 0 Å². The van der Waals surface area contributed by atoms with E-state index < -0.39 is 0 Å². The summed E-state index contributed by atoms with van der Waals surface area (Å²) in [6.45, 7) is 1.99. The van der Waals surface area contributed by atoms with E-state index in [0.717, 1.165) is 20.2 Å². The van der Waals surface area contributed by atoms with Gasteiger partial charge in [-0.25, -0.2) is 4.39 Å². The van der Waals surface area contributed by atoms with E-state index in [-0.39, 0.29) is 23.7 Å². The number of halogens is 3. The Balaban J connectivity index is 1.88. The zero-order chi connectivity index (χ0) is 18.0. The van der Waals surface area contributed by atoms with Crippen molar-refractivity contribution in [1.82, 2.24) is 15.0 Å². The van der Waals surface area contributed by atoms with Gasteiger partial charge in [0.1, 0.15) is 5.82 Å². The number of nitrogens with one attached hydrogen (secondary N) is 2. The summed E-state index contributed by atoms with van der Waals surface area (Å²) in [5.74, 6) is 0.266. The summed E-state index contributed by atoms with van der Waals surface area (Å²) in [6, 6.07) is 9.77. The van der Waals surface area contributed by atoms with Gasteiger partial charge in [0, 0.05) is 14.6 Å². The first-order valence-corrected chi connectivity index (χ1v) is 8.76. The van der Waals surface area contributed by atoms with Crippen LogP contribution in [0.25, 0.3) is 0 Å². The third-order valence-corrected chi connectivity index (χ3v) is 4.43. The van der Waals surface area contributed by atoms with Crippen LogP contribution in [0.1, 0.15) is 5.56 Å². The summed E-state index contributed by atoms with van der Waals surface area (Å²) in [5, 5.41) is 6.07. The van der Waals surface area contributed by atoms with Crippen molar-refractivity contribution in [1.29, 1.82) is 0 Å². The number of nitrogens with zero attached hydrogens (tertiary/aromatic N) is 3. The molecule has 1 aromatic heterocycles. The third kappa shape index (κ3) is 4.43. The van der Waals surface area contributed by atoms with Gasteiger partial charge in [-0.15, -0.1) is 0 Å². The monoisotopic (exact) mass is 466 g/mol. The topological polar surface area (TPSA) is 88.8 Å². The zero-order valence-corrected chi connectivity index (χ0v) is 16.2. The van der Waals surface area contributed by atoms with Crippen molar-refractivity contribution < 1.29 is 4.39 Å². The largest absolute Gasteiger partial charge is 0.368 e. The molecule has 3 rings (SSSR count). The van der Waals surface area contributed by atoms with Crippen LogP contribution < -0.4 is 16.4 Å². The average Bonchev–Trinajstić information content (AvgIpc) is 2.52. The van der Waals surface area contributed by atoms with E-state index in [1.165, 1.54) is 12.1 Å². The second-order valence-corrected chi connectivity index (χ2v) is 6.91. The zero-order valence-electron chi connectivity index (χ0n) is 13.0. The molecule has 0 aliphatic carbocycles. The molecular weight excluding hydrogens is 455 g/mol. The van der Waals surface area contributed by atoms with Crippen molar-refractivity contribution in [2.24, 2.45) is 0 Å². The first-order valence-electron chi connectivity index (χ1n) is 7.17. The maximum absolute atomic E-state index is 13.0. The number of hydrogen-bond acceptors (Lipinski definition) is 6. The van der Waals surface area contributed by atoms with Gasteiger partial charge < -0.3 is 16.4 Å². The van der Waals surface area contributed by atoms with Crippen LogP contribution in [0.4, 0.5) is 33.6 Å². The Morgan fingerprint density at radius 2 is 1.48 bits per heavy atom. The Morgan fingerprint density at radius 1 is 0.920 bits per heavy atom. The lowest BCUT2D eigenvalue weighted by Gasteiger charge is -2.12. The molecule has 0 spiro atoms. The van der Waals surface area contributed by atoms with Crippen molar-refractivity contribution in [3.63, 3.8) is 0 Å². The van der Waals surface area contributed by atoms with Crippen molar-refractivity contribution in [2.75, 3.05) is 16.4 Å². The lowest BCUT2D eigenvalue weighted by atomic mass is 10.2. The molecule has 0 bridgehead atoms. The molecule has 0 aliphatic heterocycles. The SMILES string of the molecule is Cc1cc(Br)c(Nc2nc(N)nc(Nc3ccc(F)cc3)n2)c(Br)c1. The molecule has 128 valence electrons. The number of rotatable bonds is 4. The molecule has 0 fully saturated rings. The fourth-order valence-electron chi connectivity index (χ4n) is 2.10. The van der Waals surface area contributed by atoms with Gasteiger partial charge in [0.25, 0.3) is 0 Å². The summed E-state index contributed by atoms with van der Waals surface area (Å²) in [6.07, 6.45) is 0. The Bertz CT molecular complexity index is 894. The standard InChI is InChI=1S/C16H13Br2FN6/c1-8-6-11(17)13(12(18)7-8)22-16-24-14(20)23-15(25-16)21-10-4-2-9(19)3-5-10/h2-7H,1H3,(H4,20,21,22,23,24,25). The molecule has 4 N–H and O–H groups in total. The Morgan fingerprint density at radius 3 is 2.08 bits per heavy atom. The Kier molecular flexibility index (Phi) is 5.14. The van der Waals surface area contributed by atoms with Gasteiger partial charge in [0.2, 0.25) is 17.8 Å². The first-order chi connectivity index (χ1) is 11.9. The number of nitrogens with two attached hydrogens (primary N) is 1. The number of hydrogen-bond donors (Lipinski definition) is 3. The highest BCUT2D eigenvalue weighted by Gasteiger charge is 2.11. The lowest BCUT2D eigenvalue weighted by Crippen LogP contribution is -2.07. The summed E-state index contributed by atoms with van der Waals surface area (Å²) in [4.78, 5) is 12.4. The van der Waals surface area contributed by atoms with Crippen molar-refractivity contribution >= 4 is 61.1 Å². The summed E-state index contributed by atoms with van der Waals surface area (Å²) in [7, 11) is 0. The van der Waals surface area contributed by atoms with Crippen LogP contribution in [0, 0.1) is 12.7 Å². The molecule has 0 aliphatic rings. The van der Waals surface area contributed by atoms with Crippen LogP contribution in [0.15, 0.2) is 45.3 Å². The minimum absolute atomic E-state index is 0.0569. The predicted octanol–water partition coefficient (Wildman–Crippen LogP) is 4.91. The molecule has 6 nitrogen and oxygen atoms in total. The molecule has 9 heteroatoms. The summed E-state index contributed by atoms with van der Waals surface area (Å²) in [5.41, 5.74) is 8.26. The predicted molar refractivity (Wildman–Crippen MR) is 104 cm³/mol. The summed E-state index contributed by atoms with van der Waals surface area (Å²) < 4.78 is 14.7. The normalized spacial score (nSPS) is 10.6. The molecule has 3 aromatic rings. The highest BCUT2D eigenvalue weighted by molar-refractivity contribution is 9.11. The molecule has 2 aromatic carbocycles. The van der Waals surface area contributed by atoms with Gasteiger partial charge in [0.15, 0.2) is 0 Å². The molecule has 0 atom stereocenters. The quantitative estimate of drug-likeness (QED) is 0.505. The maximum Gasteiger partial charge on any atom is 0.233 e. The Labute approximate surface area is 160 Å². The van der Waals surface area contributed by atoms with Gasteiger partial charge >= 0.3 is 0 Å². The van der Waals surface area contributed by atoms with Gasteiger partial charge in [-0.2, -0.15) is 15.0 Å². The van der Waals surface area contributed by atoms with Gasteiger partial charge in [-0.1, -0.05) is 0 Å². The number of aromatic nitrogens is 3. The fourth-order valence-corrected chi connectivity index (χ4v) is 3.71. The van der Waals surface area contributed by atoms with E-state index in [1.54, 1.807) is 12.1 Å². The number of benzene rings is 2. The smallest absolute Gasteiger partial charge is 0.233 e. The molecular formula is C16H13Br2FN6. The average molecular weight is 468 g/mol. The van der Waals surface area contributed by atoms with E-state index in [9.17, 15) is 4.39 Å². The molecule has 0 radical (unpaired) electrons. The highest BCUT2D eigenvalue weighted by atomic mass is 79.9. The minimum Gasteiger partial charge on any atom is -0.368 e. The van der Waals surface area contributed by atoms with E-state index in [2.05, 4.69) is 57.4 Å². The second kappa shape index (κ2) is 7.32. The van der Waals surface area contributed by atoms with Crippen molar-refractivity contribution in [3.8, 4) is 0 Å². The molecule has 0 saturated heterocycles. The van der Waals surface area contributed by atoms with Gasteiger partial charge in [-0.3, -0.25) is 0 Å². The maximum atomic E-state index is 13.0. The Hall–Kier alpha value is -2.26. The lowest BCUT2D eigenvalue weighted by molar-refractivity contribution is 0.628. The van der Waals surface area contributed by atoms with Crippen LogP contribution in [0.2, 0.25) is 0 Å². The van der Waals surface area contributed by atoms with Gasteiger partial charge in [0.05, 0.1) is 5.69 Å². The number of anilines is 5. The van der Waals surface area contributed by atoms with Gasteiger partial charge in [-0.05, 0) is 80.7 Å².